The van der Waals surface area contributed by atoms with Gasteiger partial charge in [-0.3, -0.25) is 10.1 Å². The number of nitro benzene ring substituents is 1. The van der Waals surface area contributed by atoms with E-state index in [2.05, 4.69) is 116 Å². The van der Waals surface area contributed by atoms with E-state index in [1.54, 1.807) is 29.7 Å². The van der Waals surface area contributed by atoms with Crippen molar-refractivity contribution in [3.05, 3.63) is 137 Å². The average Bonchev–Trinajstić information content (AvgIpc) is 3.93. The number of nitrogens with zero attached hydrogens (tertiary/aromatic N) is 9. The average molecular weight is 1010 g/mol. The molecule has 17 heteroatoms. The van der Waals surface area contributed by atoms with Crippen LogP contribution in [0.5, 0.6) is 0 Å². The van der Waals surface area contributed by atoms with E-state index in [1.807, 2.05) is 35.8 Å². The fourth-order valence-electron chi connectivity index (χ4n) is 8.02. The molecule has 14 nitrogen and oxygen atoms in total. The van der Waals surface area contributed by atoms with Gasteiger partial charge in [-0.25, -0.2) is 19.9 Å². The summed E-state index contributed by atoms with van der Waals surface area (Å²) < 4.78 is 1.99. The summed E-state index contributed by atoms with van der Waals surface area (Å²) in [7, 11) is 4.34. The summed E-state index contributed by atoms with van der Waals surface area (Å²) in [5, 5.41) is 22.0. The Labute approximate surface area is 407 Å². The molecule has 4 N–H and O–H groups in total. The number of piperazine rings is 2. The molecule has 10 rings (SSSR count). The Morgan fingerprint density at radius 2 is 1.09 bits per heavy atom. The number of aryl methyl sites for hydroxylation is 2. The Morgan fingerprint density at radius 3 is 1.53 bits per heavy atom. The minimum atomic E-state index is -0.380. The van der Waals surface area contributed by atoms with Crippen LogP contribution in [0.15, 0.2) is 108 Å². The summed E-state index contributed by atoms with van der Waals surface area (Å²) in [5.74, 6) is 1.11. The van der Waals surface area contributed by atoms with Gasteiger partial charge < -0.3 is 43.4 Å². The Kier molecular flexibility index (Phi) is 15.3. The van der Waals surface area contributed by atoms with Crippen molar-refractivity contribution < 1.29 is 25.3 Å². The van der Waals surface area contributed by atoms with E-state index in [4.69, 9.17) is 15.7 Å². The van der Waals surface area contributed by atoms with Crippen molar-refractivity contribution in [2.24, 2.45) is 0 Å². The number of rotatable bonds is 9. The molecule has 0 bridgehead atoms. The van der Waals surface area contributed by atoms with Crippen molar-refractivity contribution in [3.8, 4) is 22.3 Å². The number of hydrogen-bond donors (Lipinski definition) is 3. The van der Waals surface area contributed by atoms with Crippen LogP contribution in [-0.2, 0) is 20.4 Å². The minimum Gasteiger partial charge on any atom is -0.399 e. The zero-order valence-electron chi connectivity index (χ0n) is 37.6. The molecule has 2 aliphatic rings. The number of anilines is 7. The first-order chi connectivity index (χ1) is 31.0. The number of hydrogen-bond acceptors (Lipinski definition) is 15. The number of nitrogens with two attached hydrogens (primary N) is 1. The summed E-state index contributed by atoms with van der Waals surface area (Å²) in [5.41, 5.74) is 19.1. The van der Waals surface area contributed by atoms with Crippen LogP contribution >= 0.6 is 22.7 Å². The maximum Gasteiger partial charge on any atom is 0.270 e. The topological polar surface area (TPSA) is 158 Å². The van der Waals surface area contributed by atoms with Gasteiger partial charge in [-0.1, -0.05) is 24.3 Å². The number of nitrogen functional groups attached to an aromatic ring is 1. The third kappa shape index (κ3) is 10.8. The van der Waals surface area contributed by atoms with Crippen molar-refractivity contribution in [1.82, 2.24) is 29.7 Å². The maximum atomic E-state index is 11.2. The standard InChI is InChI=1S/C24H24N6O2S.C24H26N6S.CH3.Pd/c1-16-12-18(29-10-8-28(2)9-11-29)6-7-21(16)26-24-25-14-22-23(27-24)20(15-33-22)17-4-3-5-19(13-17)30(31)32;1-16-12-19(30-10-8-29(2)9-11-30)6-7-21(16)27-24-26-14-22-23(28-24)20(15-31-22)17-4-3-5-18(25)13-17;;/h3-7,12-15H,8-11H2,1-2H3,(H,25,26,27);3-7,12-15H,8-11,25H2,1-2H3,(H,26,27,28);1H3;/q;;-1;. The van der Waals surface area contributed by atoms with E-state index in [1.165, 1.54) is 34.3 Å². The van der Waals surface area contributed by atoms with Crippen LogP contribution in [-0.4, -0.2) is 101 Å². The van der Waals surface area contributed by atoms with Crippen LogP contribution in [0.1, 0.15) is 11.1 Å². The molecule has 344 valence electrons. The first-order valence-corrected chi connectivity index (χ1v) is 23.0. The predicted molar refractivity (Wildman–Crippen MR) is 272 cm³/mol. The molecule has 0 saturated carbocycles. The molecule has 0 amide bonds. The minimum absolute atomic E-state index is 0. The second kappa shape index (κ2) is 21.1. The molecule has 0 spiro atoms. The number of nitrogens with one attached hydrogen (secondary N) is 2. The zero-order chi connectivity index (χ0) is 44.3. The maximum absolute atomic E-state index is 11.2. The molecule has 66 heavy (non-hydrogen) atoms. The van der Waals surface area contributed by atoms with Crippen LogP contribution in [0.3, 0.4) is 0 Å². The molecule has 6 heterocycles. The van der Waals surface area contributed by atoms with E-state index in [9.17, 15) is 10.1 Å². The molecule has 0 atom stereocenters. The fraction of sp³-hybridized carbons (Fsp3) is 0.245. The van der Waals surface area contributed by atoms with Gasteiger partial charge in [-0.05, 0) is 98.7 Å². The number of nitro groups is 1. The summed E-state index contributed by atoms with van der Waals surface area (Å²) in [6.45, 7) is 12.7. The number of non-ortho nitro benzene ring substituents is 1. The smallest absolute Gasteiger partial charge is 0.270 e. The third-order valence-electron chi connectivity index (χ3n) is 11.8. The van der Waals surface area contributed by atoms with Crippen molar-refractivity contribution in [2.45, 2.75) is 13.8 Å². The predicted octanol–water partition coefficient (Wildman–Crippen LogP) is 10.3. The molecule has 2 aliphatic heterocycles. The second-order valence-corrected chi connectivity index (χ2v) is 18.2. The van der Waals surface area contributed by atoms with E-state index in [0.717, 1.165) is 118 Å². The van der Waals surface area contributed by atoms with Crippen molar-refractivity contribution >= 4 is 89.1 Å². The number of thiophene rings is 2. The van der Waals surface area contributed by atoms with E-state index in [-0.39, 0.29) is 38.5 Å². The summed E-state index contributed by atoms with van der Waals surface area (Å²) in [4.78, 5) is 39.0. The first-order valence-electron chi connectivity index (χ1n) is 21.3. The van der Waals surface area contributed by atoms with Crippen molar-refractivity contribution in [1.29, 1.82) is 0 Å². The SMILES string of the molecule is Cc1cc(N2CCN(C)CC2)ccc1Nc1ncc2scc(-c3cccc(N)c3)c2n1.Cc1cc(N2CCN(C)CC2)ccc1Nc1ncc2scc(-c3cccc([N+](=O)[O-])c3)c2n1.[CH3-].[Pd]. The van der Waals surface area contributed by atoms with Crippen molar-refractivity contribution in [3.63, 3.8) is 0 Å². The molecule has 4 aromatic carbocycles. The molecule has 0 radical (unpaired) electrons. The van der Waals surface area contributed by atoms with E-state index in [0.29, 0.717) is 11.9 Å². The number of fused-ring (bicyclic) bond motifs is 2. The monoisotopic (exact) mass is 1010 g/mol. The second-order valence-electron chi connectivity index (χ2n) is 16.4. The van der Waals surface area contributed by atoms with Gasteiger partial charge in [0.1, 0.15) is 0 Å². The van der Waals surface area contributed by atoms with Gasteiger partial charge in [0.25, 0.3) is 5.69 Å². The van der Waals surface area contributed by atoms with E-state index < -0.39 is 0 Å². The Morgan fingerprint density at radius 1 is 0.636 bits per heavy atom. The largest absolute Gasteiger partial charge is 0.399 e. The van der Waals surface area contributed by atoms with Gasteiger partial charge >= 0.3 is 0 Å². The summed E-state index contributed by atoms with van der Waals surface area (Å²) >= 11 is 3.18. The summed E-state index contributed by atoms with van der Waals surface area (Å²) in [6.07, 6.45) is 3.68. The molecule has 0 aliphatic carbocycles. The van der Waals surface area contributed by atoms with Gasteiger partial charge in [0.05, 0.1) is 37.8 Å². The van der Waals surface area contributed by atoms with Crippen LogP contribution in [0, 0.1) is 31.4 Å². The number of benzene rings is 4. The Hall–Kier alpha value is -6.06. The van der Waals surface area contributed by atoms with Gasteiger partial charge in [0.15, 0.2) is 0 Å². The molecule has 8 aromatic rings. The first kappa shape index (κ1) is 47.9. The molecule has 0 unspecified atom stereocenters. The molecular weight excluding hydrogens is 959 g/mol. The zero-order valence-corrected chi connectivity index (χ0v) is 40.8. The number of likely N-dealkylation sites (N-methyl/N-ethyl adjacent to an activating group) is 2. The van der Waals surface area contributed by atoms with Gasteiger partial charge in [-0.15, -0.1) is 22.7 Å². The van der Waals surface area contributed by atoms with E-state index >= 15 is 0 Å². The van der Waals surface area contributed by atoms with Crippen LogP contribution in [0.25, 0.3) is 42.7 Å². The van der Waals surface area contributed by atoms with Crippen molar-refractivity contribution in [2.75, 3.05) is 92.6 Å². The quantitative estimate of drug-likeness (QED) is 0.0413. The molecular formula is C49H53N12O2PdS2-. The fourth-order valence-corrected chi connectivity index (χ4v) is 9.77. The molecule has 2 saturated heterocycles. The molecule has 4 aromatic heterocycles. The Balaban J connectivity index is 0.000000191. The normalized spacial score (nSPS) is 14.2. The van der Waals surface area contributed by atoms with Gasteiger partial charge in [0, 0.05) is 135 Å². The Bertz CT molecular complexity index is 2960. The third-order valence-corrected chi connectivity index (χ3v) is 13.7. The van der Waals surface area contributed by atoms with Crippen LogP contribution < -0.4 is 26.2 Å². The molecule has 2 fully saturated rings. The van der Waals surface area contributed by atoms with Crippen LogP contribution in [0.4, 0.5) is 46.0 Å². The van der Waals surface area contributed by atoms with Gasteiger partial charge in [0.2, 0.25) is 11.9 Å². The van der Waals surface area contributed by atoms with Gasteiger partial charge in [-0.2, -0.15) is 0 Å². The number of aromatic nitrogens is 4. The van der Waals surface area contributed by atoms with Crippen LogP contribution in [0.2, 0.25) is 0 Å². The summed E-state index contributed by atoms with van der Waals surface area (Å²) in [6, 6.07) is 27.5.